The van der Waals surface area contributed by atoms with Crippen LogP contribution in [-0.2, 0) is 7.05 Å². The largest absolute Gasteiger partial charge is 0.243 e. The van der Waals surface area contributed by atoms with Crippen LogP contribution < -0.4 is 4.57 Å². The van der Waals surface area contributed by atoms with Crippen molar-refractivity contribution in [3.63, 3.8) is 0 Å². The van der Waals surface area contributed by atoms with Gasteiger partial charge in [-0.3, -0.25) is 0 Å². The Bertz CT molecular complexity index is 614. The van der Waals surface area contributed by atoms with Crippen molar-refractivity contribution in [3.8, 4) is 0 Å². The predicted octanol–water partition coefficient (Wildman–Crippen LogP) is 14.2. The summed E-state index contributed by atoms with van der Waals surface area (Å²) in [5.74, 6) is 0. The Labute approximate surface area is 272 Å². The summed E-state index contributed by atoms with van der Waals surface area (Å²) in [6.07, 6.45) is 56.1. The normalized spacial score (nSPS) is 11.7. The van der Waals surface area contributed by atoms with Gasteiger partial charge in [0.15, 0.2) is 0 Å². The molecule has 43 heavy (non-hydrogen) atoms. The van der Waals surface area contributed by atoms with Crippen molar-refractivity contribution < 1.29 is 4.57 Å². The zero-order valence-electron chi connectivity index (χ0n) is 30.2. The summed E-state index contributed by atoms with van der Waals surface area (Å²) in [6, 6.07) is 0.708. The molecule has 0 N–H and O–H groups in total. The van der Waals surface area contributed by atoms with Gasteiger partial charge >= 0.3 is 0 Å². The zero-order chi connectivity index (χ0) is 30.9. The maximum atomic E-state index is 2.51. The summed E-state index contributed by atoms with van der Waals surface area (Å²) in [5, 5.41) is 0. The van der Waals surface area contributed by atoms with Gasteiger partial charge in [0, 0.05) is 0 Å². The average molecular weight is 602 g/mol. The van der Waals surface area contributed by atoms with Gasteiger partial charge in [-0.1, -0.05) is 206 Å². The molecular weight excluding hydrogens is 520 g/mol. The van der Waals surface area contributed by atoms with E-state index in [0.717, 1.165) is 0 Å². The number of hydrogen-bond donors (Lipinski definition) is 0. The summed E-state index contributed by atoms with van der Waals surface area (Å²) in [6.45, 7) is 4.62. The Hall–Kier alpha value is -0.790. The minimum absolute atomic E-state index is 0.708. The summed E-state index contributed by atoms with van der Waals surface area (Å²) >= 11 is 0. The molecule has 0 bridgehead atoms. The van der Waals surface area contributed by atoms with E-state index in [2.05, 4.69) is 48.8 Å². The van der Waals surface area contributed by atoms with Crippen molar-refractivity contribution in [1.29, 1.82) is 0 Å². The quantitative estimate of drug-likeness (QED) is 0.0540. The molecule has 1 heterocycles. The highest BCUT2D eigenvalue weighted by molar-refractivity contribution is 4.75. The number of hydrogen-bond acceptors (Lipinski definition) is 0. The first-order chi connectivity index (χ1) is 21.3. The van der Waals surface area contributed by atoms with Gasteiger partial charge < -0.3 is 0 Å². The van der Waals surface area contributed by atoms with Gasteiger partial charge in [-0.25, -0.2) is 9.13 Å². The van der Waals surface area contributed by atoms with Crippen LogP contribution >= 0.6 is 0 Å². The molecule has 1 aromatic rings. The standard InChI is InChI=1S/C41H81N2/c1-4-6-8-10-12-14-16-18-20-22-24-26-28-30-32-34-36-41(43-39-38-42(3)40-43)37-35-33-31-29-27-25-23-21-19-17-15-13-11-9-7-5-2/h38-41H,4-37H2,1-3H3/q+1. The third-order valence-corrected chi connectivity index (χ3v) is 9.99. The van der Waals surface area contributed by atoms with Crippen LogP contribution in [-0.4, -0.2) is 4.57 Å². The minimum Gasteiger partial charge on any atom is -0.240 e. The lowest BCUT2D eigenvalue weighted by molar-refractivity contribution is -0.671. The topological polar surface area (TPSA) is 8.81 Å². The van der Waals surface area contributed by atoms with Crippen molar-refractivity contribution in [2.45, 2.75) is 238 Å². The van der Waals surface area contributed by atoms with Crippen LogP contribution in [0.4, 0.5) is 0 Å². The first kappa shape index (κ1) is 40.2. The molecule has 254 valence electrons. The van der Waals surface area contributed by atoms with Gasteiger partial charge in [0.1, 0.15) is 18.4 Å². The second-order valence-electron chi connectivity index (χ2n) is 14.4. The molecule has 0 aliphatic rings. The molecule has 0 amide bonds. The number of nitrogens with zero attached hydrogens (tertiary/aromatic N) is 2. The fourth-order valence-corrected chi connectivity index (χ4v) is 6.98. The molecule has 2 nitrogen and oxygen atoms in total. The van der Waals surface area contributed by atoms with Crippen LogP contribution in [0.25, 0.3) is 0 Å². The fraction of sp³-hybridized carbons (Fsp3) is 0.927. The Morgan fingerprint density at radius 3 is 0.884 bits per heavy atom. The second kappa shape index (κ2) is 32.6. The first-order valence-corrected chi connectivity index (χ1v) is 20.3. The molecule has 0 aliphatic heterocycles. The summed E-state index contributed by atoms with van der Waals surface area (Å²) < 4.78 is 4.73. The van der Waals surface area contributed by atoms with Gasteiger partial charge in [-0.15, -0.1) is 0 Å². The van der Waals surface area contributed by atoms with E-state index >= 15 is 0 Å². The molecule has 0 unspecified atom stereocenters. The van der Waals surface area contributed by atoms with Gasteiger partial charge in [0.2, 0.25) is 6.33 Å². The van der Waals surface area contributed by atoms with E-state index in [1.54, 1.807) is 0 Å². The van der Waals surface area contributed by atoms with Gasteiger partial charge in [-0.2, -0.15) is 0 Å². The van der Waals surface area contributed by atoms with E-state index in [1.807, 2.05) is 0 Å². The SMILES string of the molecule is CCCCCCCCCCCCCCCCCCC(CCCCCCCCCCCCCCCCCC)n1cc[n+](C)c1. The number of imidazole rings is 1. The highest BCUT2D eigenvalue weighted by atomic mass is 15.1. The maximum Gasteiger partial charge on any atom is 0.243 e. The highest BCUT2D eigenvalue weighted by Crippen LogP contribution is 2.24. The van der Waals surface area contributed by atoms with E-state index in [0.29, 0.717) is 6.04 Å². The summed E-state index contributed by atoms with van der Waals surface area (Å²) in [5.41, 5.74) is 0. The smallest absolute Gasteiger partial charge is 0.240 e. The number of unbranched alkanes of at least 4 members (excludes halogenated alkanes) is 30. The van der Waals surface area contributed by atoms with Crippen LogP contribution in [0.5, 0.6) is 0 Å². The van der Waals surface area contributed by atoms with Gasteiger partial charge in [0.05, 0.1) is 7.05 Å². The molecule has 2 heteroatoms. The molecule has 0 atom stereocenters. The van der Waals surface area contributed by atoms with Crippen molar-refractivity contribution in [2.24, 2.45) is 7.05 Å². The molecule has 0 saturated heterocycles. The van der Waals surface area contributed by atoms with E-state index in [-0.39, 0.29) is 0 Å². The molecular formula is C41H81N2+. The van der Waals surface area contributed by atoms with Crippen molar-refractivity contribution in [1.82, 2.24) is 4.57 Å². The maximum absolute atomic E-state index is 2.51. The molecule has 0 aromatic carbocycles. The van der Waals surface area contributed by atoms with Crippen LogP contribution in [0.2, 0.25) is 0 Å². The van der Waals surface area contributed by atoms with Gasteiger partial charge in [-0.05, 0) is 25.7 Å². The number of aryl methyl sites for hydroxylation is 1. The number of rotatable bonds is 35. The Morgan fingerprint density at radius 2 is 0.651 bits per heavy atom. The first-order valence-electron chi connectivity index (χ1n) is 20.3. The van der Waals surface area contributed by atoms with Crippen LogP contribution in [0.15, 0.2) is 18.7 Å². The molecule has 0 saturated carbocycles. The van der Waals surface area contributed by atoms with Crippen molar-refractivity contribution >= 4 is 0 Å². The van der Waals surface area contributed by atoms with E-state index < -0.39 is 0 Å². The van der Waals surface area contributed by atoms with E-state index in [9.17, 15) is 0 Å². The monoisotopic (exact) mass is 602 g/mol. The fourth-order valence-electron chi connectivity index (χ4n) is 6.98. The lowest BCUT2D eigenvalue weighted by Gasteiger charge is -2.14. The summed E-state index contributed by atoms with van der Waals surface area (Å²) in [7, 11) is 2.16. The predicted molar refractivity (Wildman–Crippen MR) is 193 cm³/mol. The Balaban J connectivity index is 1.95. The Morgan fingerprint density at radius 1 is 0.395 bits per heavy atom. The Kier molecular flexibility index (Phi) is 30.5. The van der Waals surface area contributed by atoms with Crippen LogP contribution in [0.1, 0.15) is 238 Å². The number of aromatic nitrogens is 2. The lowest BCUT2D eigenvalue weighted by Crippen LogP contribution is -2.24. The van der Waals surface area contributed by atoms with E-state index in [1.165, 1.54) is 218 Å². The van der Waals surface area contributed by atoms with Crippen molar-refractivity contribution in [3.05, 3.63) is 18.7 Å². The molecule has 0 fully saturated rings. The molecule has 1 rings (SSSR count). The van der Waals surface area contributed by atoms with E-state index in [4.69, 9.17) is 0 Å². The third-order valence-electron chi connectivity index (χ3n) is 9.99. The second-order valence-corrected chi connectivity index (χ2v) is 14.4. The summed E-state index contributed by atoms with van der Waals surface area (Å²) in [4.78, 5) is 0. The molecule has 1 aromatic heterocycles. The zero-order valence-corrected chi connectivity index (χ0v) is 30.2. The highest BCUT2D eigenvalue weighted by Gasteiger charge is 2.15. The average Bonchev–Trinajstić information content (AvgIpc) is 3.45. The lowest BCUT2D eigenvalue weighted by atomic mass is 9.99. The van der Waals surface area contributed by atoms with Crippen molar-refractivity contribution in [2.75, 3.05) is 0 Å². The van der Waals surface area contributed by atoms with Gasteiger partial charge in [0.25, 0.3) is 0 Å². The van der Waals surface area contributed by atoms with Crippen LogP contribution in [0, 0.1) is 0 Å². The molecule has 0 spiro atoms. The third kappa shape index (κ3) is 27.3. The molecule has 0 aliphatic carbocycles. The van der Waals surface area contributed by atoms with Crippen LogP contribution in [0.3, 0.4) is 0 Å². The minimum atomic E-state index is 0.708. The molecule has 0 radical (unpaired) electrons.